The third-order valence-electron chi connectivity index (χ3n) is 3.13. The number of rotatable bonds is 6. The number of halogens is 1. The number of hydrogen-bond donors (Lipinski definition) is 2. The van der Waals surface area contributed by atoms with Crippen LogP contribution in [0.15, 0.2) is 18.2 Å². The lowest BCUT2D eigenvalue weighted by Crippen LogP contribution is -2.41. The molecule has 1 atom stereocenters. The summed E-state index contributed by atoms with van der Waals surface area (Å²) >= 11 is 0. The Bertz CT molecular complexity index is 633. The molecule has 0 bridgehead atoms. The van der Waals surface area contributed by atoms with Crippen LogP contribution in [0.5, 0.6) is 5.75 Å². The number of carbonyl (C=O) groups excluding carboxylic acids is 1. The van der Waals surface area contributed by atoms with Crippen LogP contribution in [0.1, 0.15) is 12.5 Å². The van der Waals surface area contributed by atoms with Crippen LogP contribution in [0.25, 0.3) is 0 Å². The fraction of sp³-hybridized carbons (Fsp3) is 0.462. The predicted octanol–water partition coefficient (Wildman–Crippen LogP) is 0.185. The smallest absolute Gasteiger partial charge is 0.261 e. The molecule has 0 aliphatic carbocycles. The van der Waals surface area contributed by atoms with E-state index in [4.69, 9.17) is 4.74 Å². The van der Waals surface area contributed by atoms with Gasteiger partial charge in [0.15, 0.2) is 17.7 Å². The molecule has 1 aromatic carbocycles. The van der Waals surface area contributed by atoms with E-state index in [2.05, 4.69) is 10.0 Å². The van der Waals surface area contributed by atoms with Gasteiger partial charge >= 0.3 is 0 Å². The second kappa shape index (κ2) is 6.40. The topological polar surface area (TPSA) is 84.5 Å². The van der Waals surface area contributed by atoms with E-state index >= 15 is 0 Å². The van der Waals surface area contributed by atoms with E-state index in [1.165, 1.54) is 13.0 Å². The van der Waals surface area contributed by atoms with Crippen molar-refractivity contribution in [1.82, 2.24) is 10.0 Å². The van der Waals surface area contributed by atoms with Crippen LogP contribution in [-0.2, 0) is 21.2 Å². The van der Waals surface area contributed by atoms with Crippen molar-refractivity contribution in [1.29, 1.82) is 0 Å². The highest BCUT2D eigenvalue weighted by Gasteiger charge is 2.30. The lowest BCUT2D eigenvalue weighted by atomic mass is 10.1. The minimum atomic E-state index is -3.27. The number of amides is 1. The van der Waals surface area contributed by atoms with Gasteiger partial charge in [-0.2, -0.15) is 0 Å². The molecule has 1 unspecified atom stereocenters. The molecule has 1 amide bonds. The van der Waals surface area contributed by atoms with Crippen LogP contribution in [0, 0.1) is 5.82 Å². The molecule has 0 spiro atoms. The van der Waals surface area contributed by atoms with Crippen LogP contribution in [0.3, 0.4) is 0 Å². The summed E-state index contributed by atoms with van der Waals surface area (Å²) in [6.07, 6.45) is -0.473. The summed E-state index contributed by atoms with van der Waals surface area (Å²) in [5.41, 5.74) is 0.654. The van der Waals surface area contributed by atoms with Gasteiger partial charge in [-0.15, -0.1) is 0 Å². The summed E-state index contributed by atoms with van der Waals surface area (Å²) in [6, 6.07) is 4.55. The van der Waals surface area contributed by atoms with E-state index in [0.717, 1.165) is 0 Å². The standard InChI is InChI=1S/C13H17FN2O4S/c1-2-21(18,19)16-7-6-15-13(17)11-8-9-4-3-5-10(14)12(9)20-11/h3-5,11,16H,2,6-8H2,1H3,(H,15,17). The highest BCUT2D eigenvalue weighted by Crippen LogP contribution is 2.31. The van der Waals surface area contributed by atoms with Crippen LogP contribution in [0.2, 0.25) is 0 Å². The van der Waals surface area contributed by atoms with Gasteiger partial charge < -0.3 is 10.1 Å². The average molecular weight is 316 g/mol. The molecular formula is C13H17FN2O4S. The van der Waals surface area contributed by atoms with Crippen molar-refractivity contribution in [3.63, 3.8) is 0 Å². The Morgan fingerprint density at radius 1 is 1.43 bits per heavy atom. The molecule has 0 aromatic heterocycles. The largest absolute Gasteiger partial charge is 0.477 e. The predicted molar refractivity (Wildman–Crippen MR) is 75.0 cm³/mol. The third kappa shape index (κ3) is 3.92. The van der Waals surface area contributed by atoms with Crippen molar-refractivity contribution in [3.8, 4) is 5.75 Å². The fourth-order valence-electron chi connectivity index (χ4n) is 1.98. The molecule has 21 heavy (non-hydrogen) atoms. The molecule has 1 heterocycles. The molecule has 0 radical (unpaired) electrons. The van der Waals surface area contributed by atoms with Gasteiger partial charge in [-0.1, -0.05) is 12.1 Å². The van der Waals surface area contributed by atoms with Crippen molar-refractivity contribution in [2.45, 2.75) is 19.4 Å². The second-order valence-corrected chi connectivity index (χ2v) is 6.72. The Morgan fingerprint density at radius 3 is 2.86 bits per heavy atom. The van der Waals surface area contributed by atoms with E-state index < -0.39 is 21.9 Å². The van der Waals surface area contributed by atoms with Gasteiger partial charge in [0.25, 0.3) is 5.91 Å². The monoisotopic (exact) mass is 316 g/mol. The summed E-state index contributed by atoms with van der Waals surface area (Å²) in [5, 5.41) is 2.56. The summed E-state index contributed by atoms with van der Waals surface area (Å²) in [4.78, 5) is 11.9. The maximum absolute atomic E-state index is 13.5. The molecule has 0 saturated carbocycles. The zero-order chi connectivity index (χ0) is 15.5. The first kappa shape index (κ1) is 15.7. The van der Waals surface area contributed by atoms with E-state index in [1.807, 2.05) is 0 Å². The van der Waals surface area contributed by atoms with Gasteiger partial charge in [0, 0.05) is 25.1 Å². The van der Waals surface area contributed by atoms with Gasteiger partial charge in [0.2, 0.25) is 10.0 Å². The minimum Gasteiger partial charge on any atom is -0.477 e. The number of benzene rings is 1. The molecule has 2 rings (SSSR count). The maximum atomic E-state index is 13.5. The SMILES string of the molecule is CCS(=O)(=O)NCCNC(=O)C1Cc2cccc(F)c2O1. The zero-order valence-electron chi connectivity index (χ0n) is 11.6. The summed E-state index contributed by atoms with van der Waals surface area (Å²) in [6.45, 7) is 1.78. The van der Waals surface area contributed by atoms with Gasteiger partial charge in [0.1, 0.15) is 0 Å². The maximum Gasteiger partial charge on any atom is 0.261 e. The van der Waals surface area contributed by atoms with Crippen molar-refractivity contribution >= 4 is 15.9 Å². The number of sulfonamides is 1. The molecular weight excluding hydrogens is 299 g/mol. The Hall–Kier alpha value is -1.67. The highest BCUT2D eigenvalue weighted by molar-refractivity contribution is 7.89. The number of nitrogens with one attached hydrogen (secondary N) is 2. The van der Waals surface area contributed by atoms with Gasteiger partial charge in [-0.25, -0.2) is 17.5 Å². The van der Waals surface area contributed by atoms with Crippen LogP contribution in [-0.4, -0.2) is 39.3 Å². The number of para-hydroxylation sites is 1. The Morgan fingerprint density at radius 2 is 2.19 bits per heavy atom. The number of hydrogen-bond acceptors (Lipinski definition) is 4. The summed E-state index contributed by atoms with van der Waals surface area (Å²) < 4.78 is 43.5. The molecule has 6 nitrogen and oxygen atoms in total. The van der Waals surface area contributed by atoms with Crippen LogP contribution < -0.4 is 14.8 Å². The Labute approximate surface area is 122 Å². The zero-order valence-corrected chi connectivity index (χ0v) is 12.4. The number of fused-ring (bicyclic) bond motifs is 1. The molecule has 1 aliphatic rings. The van der Waals surface area contributed by atoms with Gasteiger partial charge in [-0.05, 0) is 13.0 Å². The lowest BCUT2D eigenvalue weighted by molar-refractivity contribution is -0.127. The van der Waals surface area contributed by atoms with Gasteiger partial charge in [0.05, 0.1) is 5.75 Å². The van der Waals surface area contributed by atoms with E-state index in [0.29, 0.717) is 12.0 Å². The van der Waals surface area contributed by atoms with Crippen LogP contribution in [0.4, 0.5) is 4.39 Å². The molecule has 8 heteroatoms. The fourth-order valence-corrected chi connectivity index (χ4v) is 2.60. The van der Waals surface area contributed by atoms with Crippen molar-refractivity contribution < 1.29 is 22.3 Å². The normalized spacial score (nSPS) is 17.1. The minimum absolute atomic E-state index is 0.0126. The molecule has 1 aromatic rings. The quantitative estimate of drug-likeness (QED) is 0.734. The molecule has 2 N–H and O–H groups in total. The first-order chi connectivity index (χ1) is 9.93. The summed E-state index contributed by atoms with van der Waals surface area (Å²) in [7, 11) is -3.27. The highest BCUT2D eigenvalue weighted by atomic mass is 32.2. The second-order valence-electron chi connectivity index (χ2n) is 4.63. The van der Waals surface area contributed by atoms with Crippen LogP contribution >= 0.6 is 0 Å². The van der Waals surface area contributed by atoms with Crippen molar-refractivity contribution in [2.75, 3.05) is 18.8 Å². The lowest BCUT2D eigenvalue weighted by Gasteiger charge is -2.11. The Kier molecular flexibility index (Phi) is 4.79. The molecule has 0 saturated heterocycles. The third-order valence-corrected chi connectivity index (χ3v) is 4.54. The Balaban J connectivity index is 1.80. The van der Waals surface area contributed by atoms with E-state index in [-0.39, 0.29) is 30.5 Å². The molecule has 0 fully saturated rings. The molecule has 116 valence electrons. The van der Waals surface area contributed by atoms with Crippen molar-refractivity contribution in [3.05, 3.63) is 29.6 Å². The summed E-state index contributed by atoms with van der Waals surface area (Å²) in [5.74, 6) is -0.773. The molecule has 1 aliphatic heterocycles. The first-order valence-electron chi connectivity index (χ1n) is 6.62. The number of carbonyl (C=O) groups is 1. The van der Waals surface area contributed by atoms with Crippen molar-refractivity contribution in [2.24, 2.45) is 0 Å². The van der Waals surface area contributed by atoms with E-state index in [9.17, 15) is 17.6 Å². The first-order valence-corrected chi connectivity index (χ1v) is 8.27. The number of ether oxygens (including phenoxy) is 1. The van der Waals surface area contributed by atoms with Gasteiger partial charge in [-0.3, -0.25) is 4.79 Å². The van der Waals surface area contributed by atoms with E-state index in [1.54, 1.807) is 12.1 Å². The average Bonchev–Trinajstić information content (AvgIpc) is 2.89.